The zero-order valence-electron chi connectivity index (χ0n) is 13.5. The van der Waals surface area contributed by atoms with Gasteiger partial charge in [-0.25, -0.2) is 8.78 Å². The second kappa shape index (κ2) is 7.81. The van der Waals surface area contributed by atoms with E-state index in [1.807, 2.05) is 0 Å². The molecule has 2 heterocycles. The Hall–Kier alpha value is -3.16. The van der Waals surface area contributed by atoms with Gasteiger partial charge in [-0.1, -0.05) is 0 Å². The third kappa shape index (κ3) is 3.74. The van der Waals surface area contributed by atoms with Crippen molar-refractivity contribution in [2.45, 2.75) is 0 Å². The predicted molar refractivity (Wildman–Crippen MR) is 85.6 cm³/mol. The molecule has 0 saturated carbocycles. The highest BCUT2D eigenvalue weighted by molar-refractivity contribution is 5.77. The average Bonchev–Trinajstić information content (AvgIpc) is 2.67. The molecule has 2 aromatic rings. The van der Waals surface area contributed by atoms with Crippen molar-refractivity contribution in [3.8, 4) is 23.0 Å². The SMILES string of the molecule is O=Cc1cc2c(cc1F)OCCO2.O=Cc1cc2c(cc1F)OCCO2. The van der Waals surface area contributed by atoms with Gasteiger partial charge in [-0.3, -0.25) is 9.59 Å². The Morgan fingerprint density at radius 3 is 1.23 bits per heavy atom. The first-order valence-electron chi connectivity index (χ1n) is 7.71. The molecule has 0 radical (unpaired) electrons. The number of benzene rings is 2. The topological polar surface area (TPSA) is 71.1 Å². The van der Waals surface area contributed by atoms with Crippen LogP contribution in [0.15, 0.2) is 24.3 Å². The summed E-state index contributed by atoms with van der Waals surface area (Å²) < 4.78 is 46.6. The van der Waals surface area contributed by atoms with Crippen LogP contribution in [-0.2, 0) is 0 Å². The minimum Gasteiger partial charge on any atom is -0.486 e. The molecule has 26 heavy (non-hydrogen) atoms. The lowest BCUT2D eigenvalue weighted by atomic mass is 10.2. The molecular weight excluding hydrogens is 350 g/mol. The van der Waals surface area contributed by atoms with Crippen LogP contribution in [0.3, 0.4) is 0 Å². The van der Waals surface area contributed by atoms with Crippen molar-refractivity contribution in [1.82, 2.24) is 0 Å². The van der Waals surface area contributed by atoms with Crippen molar-refractivity contribution in [2.24, 2.45) is 0 Å². The molecule has 0 aromatic heterocycles. The lowest BCUT2D eigenvalue weighted by Gasteiger charge is -2.18. The summed E-state index contributed by atoms with van der Waals surface area (Å²) in [5, 5.41) is 0. The minimum absolute atomic E-state index is 0.00995. The zero-order chi connectivity index (χ0) is 18.5. The van der Waals surface area contributed by atoms with E-state index >= 15 is 0 Å². The van der Waals surface area contributed by atoms with Crippen molar-refractivity contribution >= 4 is 12.6 Å². The number of hydrogen-bond acceptors (Lipinski definition) is 6. The molecule has 8 heteroatoms. The van der Waals surface area contributed by atoms with Gasteiger partial charge in [-0.05, 0) is 12.1 Å². The monoisotopic (exact) mass is 364 g/mol. The summed E-state index contributed by atoms with van der Waals surface area (Å²) in [7, 11) is 0. The van der Waals surface area contributed by atoms with Crippen molar-refractivity contribution in [2.75, 3.05) is 26.4 Å². The molecule has 0 atom stereocenters. The molecule has 0 spiro atoms. The number of carbonyl (C=O) groups is 2. The molecule has 6 nitrogen and oxygen atoms in total. The molecule has 2 aliphatic rings. The maximum atomic E-state index is 13.0. The highest BCUT2D eigenvalue weighted by atomic mass is 19.1. The van der Waals surface area contributed by atoms with Crippen LogP contribution in [0.4, 0.5) is 8.78 Å². The minimum atomic E-state index is -0.584. The van der Waals surface area contributed by atoms with Gasteiger partial charge in [-0.2, -0.15) is 0 Å². The Labute approximate surface area is 147 Å². The molecule has 0 unspecified atom stereocenters. The second-order valence-electron chi connectivity index (χ2n) is 5.27. The number of carbonyl (C=O) groups excluding carboxylic acids is 2. The first-order valence-corrected chi connectivity index (χ1v) is 7.71. The van der Waals surface area contributed by atoms with Crippen LogP contribution in [0, 0.1) is 11.6 Å². The standard InChI is InChI=1S/2C9H7FO3/c2*10-7-4-9-8(3-6(7)5-11)12-1-2-13-9/h2*3-5H,1-2H2. The maximum Gasteiger partial charge on any atom is 0.164 e. The van der Waals surface area contributed by atoms with Crippen LogP contribution in [-0.4, -0.2) is 39.0 Å². The normalized spacial score (nSPS) is 13.9. The van der Waals surface area contributed by atoms with E-state index in [0.717, 1.165) is 12.1 Å². The van der Waals surface area contributed by atoms with E-state index in [2.05, 4.69) is 0 Å². The van der Waals surface area contributed by atoms with Gasteiger partial charge in [0.05, 0.1) is 11.1 Å². The molecule has 2 aromatic carbocycles. The smallest absolute Gasteiger partial charge is 0.164 e. The van der Waals surface area contributed by atoms with E-state index in [1.165, 1.54) is 12.1 Å². The molecule has 4 rings (SSSR count). The molecule has 0 bridgehead atoms. The van der Waals surface area contributed by atoms with Crippen LogP contribution in [0.2, 0.25) is 0 Å². The number of hydrogen-bond donors (Lipinski definition) is 0. The Morgan fingerprint density at radius 1 is 0.615 bits per heavy atom. The van der Waals surface area contributed by atoms with E-state index in [1.54, 1.807) is 0 Å². The van der Waals surface area contributed by atoms with Gasteiger partial charge in [0.2, 0.25) is 0 Å². The van der Waals surface area contributed by atoms with Gasteiger partial charge in [0.1, 0.15) is 38.1 Å². The van der Waals surface area contributed by atoms with Gasteiger partial charge in [-0.15, -0.1) is 0 Å². The lowest BCUT2D eigenvalue weighted by Crippen LogP contribution is -2.15. The second-order valence-corrected chi connectivity index (χ2v) is 5.27. The Morgan fingerprint density at radius 2 is 0.923 bits per heavy atom. The van der Waals surface area contributed by atoms with Crippen molar-refractivity contribution < 1.29 is 37.3 Å². The molecule has 0 fully saturated rings. The van der Waals surface area contributed by atoms with E-state index in [-0.39, 0.29) is 11.1 Å². The highest BCUT2D eigenvalue weighted by Gasteiger charge is 2.16. The molecule has 0 aliphatic carbocycles. The molecule has 0 amide bonds. The predicted octanol–water partition coefficient (Wildman–Crippen LogP) is 2.82. The van der Waals surface area contributed by atoms with E-state index in [4.69, 9.17) is 18.9 Å². The van der Waals surface area contributed by atoms with Crippen molar-refractivity contribution in [3.05, 3.63) is 47.0 Å². The highest BCUT2D eigenvalue weighted by Crippen LogP contribution is 2.32. The fraction of sp³-hybridized carbons (Fsp3) is 0.222. The first-order chi connectivity index (χ1) is 12.6. The maximum absolute atomic E-state index is 13.0. The summed E-state index contributed by atoms with van der Waals surface area (Å²) in [4.78, 5) is 20.8. The summed E-state index contributed by atoms with van der Waals surface area (Å²) in [6.45, 7) is 1.67. The average molecular weight is 364 g/mol. The third-order valence-corrected chi connectivity index (χ3v) is 3.58. The Balaban J connectivity index is 0.000000151. The number of rotatable bonds is 2. The molecule has 0 saturated heterocycles. The van der Waals surface area contributed by atoms with Crippen molar-refractivity contribution in [3.63, 3.8) is 0 Å². The molecular formula is C18H14F2O6. The molecule has 2 aliphatic heterocycles. The molecule has 136 valence electrons. The van der Waals surface area contributed by atoms with E-state index < -0.39 is 11.6 Å². The molecule has 0 N–H and O–H groups in total. The number of fused-ring (bicyclic) bond motifs is 2. The summed E-state index contributed by atoms with van der Waals surface area (Å²) in [6, 6.07) is 5.02. The quantitative estimate of drug-likeness (QED) is 0.763. The summed E-state index contributed by atoms with van der Waals surface area (Å²) >= 11 is 0. The fourth-order valence-corrected chi connectivity index (χ4v) is 2.34. The summed E-state index contributed by atoms with van der Waals surface area (Å²) in [6.07, 6.45) is 0.904. The van der Waals surface area contributed by atoms with Crippen molar-refractivity contribution in [1.29, 1.82) is 0 Å². The summed E-state index contributed by atoms with van der Waals surface area (Å²) in [5.41, 5.74) is -0.0199. The van der Waals surface area contributed by atoms with E-state index in [9.17, 15) is 18.4 Å². The Kier molecular flexibility index (Phi) is 5.31. The summed E-state index contributed by atoms with van der Waals surface area (Å²) in [5.74, 6) is 0.395. The van der Waals surface area contributed by atoms with Crippen LogP contribution in [0.1, 0.15) is 20.7 Å². The van der Waals surface area contributed by atoms with E-state index in [0.29, 0.717) is 62.0 Å². The zero-order valence-corrected chi connectivity index (χ0v) is 13.5. The Bertz CT molecular complexity index is 767. The van der Waals surface area contributed by atoms with Gasteiger partial charge in [0.25, 0.3) is 0 Å². The first kappa shape index (κ1) is 17.7. The number of ether oxygens (including phenoxy) is 4. The van der Waals surface area contributed by atoms with Gasteiger partial charge >= 0.3 is 0 Å². The van der Waals surface area contributed by atoms with Crippen LogP contribution in [0.25, 0.3) is 0 Å². The lowest BCUT2D eigenvalue weighted by molar-refractivity contribution is 0.111. The third-order valence-electron chi connectivity index (χ3n) is 3.58. The van der Waals surface area contributed by atoms with Crippen LogP contribution >= 0.6 is 0 Å². The van der Waals surface area contributed by atoms with Crippen LogP contribution in [0.5, 0.6) is 23.0 Å². The van der Waals surface area contributed by atoms with Gasteiger partial charge in [0, 0.05) is 12.1 Å². The van der Waals surface area contributed by atoms with Gasteiger partial charge in [0.15, 0.2) is 35.6 Å². The fourth-order valence-electron chi connectivity index (χ4n) is 2.34. The largest absolute Gasteiger partial charge is 0.486 e. The van der Waals surface area contributed by atoms with Gasteiger partial charge < -0.3 is 18.9 Å². The number of aldehydes is 2. The number of halogens is 2. The van der Waals surface area contributed by atoms with Crippen LogP contribution < -0.4 is 18.9 Å².